The average molecular weight is 481 g/mol. The molecule has 0 aliphatic heterocycles. The van der Waals surface area contributed by atoms with Crippen LogP contribution < -0.4 is 5.32 Å². The second kappa shape index (κ2) is 10.6. The van der Waals surface area contributed by atoms with E-state index in [1.807, 2.05) is 19.1 Å². The standard InChI is InChI=1S/C26H28N2O5S/c1-18(2)28(4)34(31,32)23-12-8-11-21(17-23)26(30)33-24(20-9-6-5-7-10-20)25(29)27-22-15-13-19(3)14-16-22/h5-18,24H,1-4H3,(H,27,29). The number of nitrogens with zero attached hydrogens (tertiary/aromatic N) is 1. The highest BCUT2D eigenvalue weighted by molar-refractivity contribution is 7.89. The molecule has 178 valence electrons. The highest BCUT2D eigenvalue weighted by atomic mass is 32.2. The van der Waals surface area contributed by atoms with E-state index in [-0.39, 0.29) is 16.5 Å². The molecule has 0 saturated heterocycles. The molecule has 3 rings (SSSR count). The highest BCUT2D eigenvalue weighted by Crippen LogP contribution is 2.24. The van der Waals surface area contributed by atoms with E-state index in [0.29, 0.717) is 11.3 Å². The van der Waals surface area contributed by atoms with Crippen molar-refractivity contribution in [1.29, 1.82) is 0 Å². The predicted octanol–water partition coefficient (Wildman–Crippen LogP) is 4.56. The number of carbonyl (C=O) groups excluding carboxylic acids is 2. The predicted molar refractivity (Wildman–Crippen MR) is 131 cm³/mol. The van der Waals surface area contributed by atoms with Gasteiger partial charge in [0.2, 0.25) is 16.1 Å². The highest BCUT2D eigenvalue weighted by Gasteiger charge is 2.28. The van der Waals surface area contributed by atoms with Gasteiger partial charge in [-0.2, -0.15) is 4.31 Å². The van der Waals surface area contributed by atoms with Crippen LogP contribution in [0.3, 0.4) is 0 Å². The molecule has 0 bridgehead atoms. The third kappa shape index (κ3) is 5.89. The summed E-state index contributed by atoms with van der Waals surface area (Å²) in [5.74, 6) is -1.33. The minimum Gasteiger partial charge on any atom is -0.444 e. The number of aryl methyl sites for hydroxylation is 1. The van der Waals surface area contributed by atoms with Crippen LogP contribution in [0.1, 0.15) is 41.4 Å². The Morgan fingerprint density at radius 1 is 0.912 bits per heavy atom. The van der Waals surface area contributed by atoms with Crippen molar-refractivity contribution in [3.8, 4) is 0 Å². The van der Waals surface area contributed by atoms with Gasteiger partial charge in [-0.05, 0) is 51.1 Å². The summed E-state index contributed by atoms with van der Waals surface area (Å²) in [6, 6.07) is 21.2. The first-order valence-electron chi connectivity index (χ1n) is 10.8. The minimum absolute atomic E-state index is 0.0291. The number of sulfonamides is 1. The molecule has 3 aromatic rings. The van der Waals surface area contributed by atoms with E-state index in [1.165, 1.54) is 35.6 Å². The average Bonchev–Trinajstić information content (AvgIpc) is 2.83. The fourth-order valence-electron chi connectivity index (χ4n) is 3.15. The molecule has 0 aromatic heterocycles. The van der Waals surface area contributed by atoms with E-state index in [0.717, 1.165) is 5.56 Å². The van der Waals surface area contributed by atoms with E-state index in [1.54, 1.807) is 56.3 Å². The number of esters is 1. The Balaban J connectivity index is 1.88. The summed E-state index contributed by atoms with van der Waals surface area (Å²) in [5, 5.41) is 2.77. The van der Waals surface area contributed by atoms with Crippen molar-refractivity contribution in [2.24, 2.45) is 0 Å². The van der Waals surface area contributed by atoms with Crippen LogP contribution in [0.2, 0.25) is 0 Å². The number of hydrogen-bond acceptors (Lipinski definition) is 5. The Bertz CT molecular complexity index is 1260. The zero-order valence-electron chi connectivity index (χ0n) is 19.6. The molecule has 0 saturated carbocycles. The van der Waals surface area contributed by atoms with Gasteiger partial charge in [-0.3, -0.25) is 4.79 Å². The molecule has 0 aliphatic rings. The summed E-state index contributed by atoms with van der Waals surface area (Å²) in [7, 11) is -2.31. The lowest BCUT2D eigenvalue weighted by Gasteiger charge is -2.21. The van der Waals surface area contributed by atoms with E-state index in [2.05, 4.69) is 5.32 Å². The summed E-state index contributed by atoms with van der Waals surface area (Å²) >= 11 is 0. The molecule has 0 fully saturated rings. The molecule has 0 heterocycles. The number of hydrogen-bond donors (Lipinski definition) is 1. The number of benzene rings is 3. The summed E-state index contributed by atoms with van der Waals surface area (Å²) in [6.45, 7) is 5.45. The van der Waals surface area contributed by atoms with E-state index in [9.17, 15) is 18.0 Å². The van der Waals surface area contributed by atoms with Crippen molar-refractivity contribution in [3.05, 3.63) is 95.6 Å². The van der Waals surface area contributed by atoms with Gasteiger partial charge in [-0.1, -0.05) is 54.1 Å². The molecule has 8 heteroatoms. The second-order valence-electron chi connectivity index (χ2n) is 8.19. The number of rotatable bonds is 8. The Hall–Kier alpha value is -3.49. The molecular weight excluding hydrogens is 452 g/mol. The minimum atomic E-state index is -3.79. The third-order valence-corrected chi connectivity index (χ3v) is 7.39. The van der Waals surface area contributed by atoms with Crippen molar-refractivity contribution in [1.82, 2.24) is 4.31 Å². The van der Waals surface area contributed by atoms with Crippen LogP contribution in [-0.2, 0) is 19.6 Å². The first kappa shape index (κ1) is 25.1. The van der Waals surface area contributed by atoms with Gasteiger partial charge >= 0.3 is 5.97 Å². The van der Waals surface area contributed by atoms with Gasteiger partial charge in [0.1, 0.15) is 0 Å². The maximum atomic E-state index is 13.1. The Morgan fingerprint density at radius 2 is 1.56 bits per heavy atom. The van der Waals surface area contributed by atoms with Crippen molar-refractivity contribution in [2.75, 3.05) is 12.4 Å². The van der Waals surface area contributed by atoms with Gasteiger partial charge in [-0.25, -0.2) is 13.2 Å². The van der Waals surface area contributed by atoms with Crippen LogP contribution in [0.25, 0.3) is 0 Å². The first-order valence-corrected chi connectivity index (χ1v) is 12.2. The fraction of sp³-hybridized carbons (Fsp3) is 0.231. The van der Waals surface area contributed by atoms with E-state index in [4.69, 9.17) is 4.74 Å². The Kier molecular flexibility index (Phi) is 7.86. The molecule has 3 aromatic carbocycles. The molecule has 1 atom stereocenters. The smallest absolute Gasteiger partial charge is 0.339 e. The normalized spacial score (nSPS) is 12.4. The monoisotopic (exact) mass is 480 g/mol. The molecule has 1 N–H and O–H groups in total. The summed E-state index contributed by atoms with van der Waals surface area (Å²) < 4.78 is 32.5. The van der Waals surface area contributed by atoms with Crippen LogP contribution in [-0.4, -0.2) is 37.7 Å². The molecule has 0 spiro atoms. The van der Waals surface area contributed by atoms with E-state index < -0.39 is 28.0 Å². The van der Waals surface area contributed by atoms with Crippen molar-refractivity contribution in [2.45, 2.75) is 37.8 Å². The lowest BCUT2D eigenvalue weighted by Crippen LogP contribution is -2.33. The lowest BCUT2D eigenvalue weighted by atomic mass is 10.1. The molecular formula is C26H28N2O5S. The van der Waals surface area contributed by atoms with E-state index >= 15 is 0 Å². The summed E-state index contributed by atoms with van der Waals surface area (Å²) in [5.41, 5.74) is 2.13. The maximum absolute atomic E-state index is 13.1. The molecule has 0 aliphatic carbocycles. The van der Waals surface area contributed by atoms with Crippen LogP contribution in [0.4, 0.5) is 5.69 Å². The van der Waals surface area contributed by atoms with Crippen LogP contribution in [0.15, 0.2) is 83.8 Å². The van der Waals surface area contributed by atoms with Gasteiger partial charge < -0.3 is 10.1 Å². The maximum Gasteiger partial charge on any atom is 0.339 e. The van der Waals surface area contributed by atoms with Gasteiger partial charge in [-0.15, -0.1) is 0 Å². The van der Waals surface area contributed by atoms with Crippen molar-refractivity contribution < 1.29 is 22.7 Å². The lowest BCUT2D eigenvalue weighted by molar-refractivity contribution is -0.125. The number of ether oxygens (including phenoxy) is 1. The SMILES string of the molecule is Cc1ccc(NC(=O)C(OC(=O)c2cccc(S(=O)(=O)N(C)C(C)C)c2)c2ccccc2)cc1. The largest absolute Gasteiger partial charge is 0.444 e. The zero-order valence-corrected chi connectivity index (χ0v) is 20.4. The molecule has 0 radical (unpaired) electrons. The number of amides is 1. The Morgan fingerprint density at radius 3 is 2.18 bits per heavy atom. The van der Waals surface area contributed by atoms with Gasteiger partial charge in [0, 0.05) is 24.3 Å². The number of carbonyl (C=O) groups is 2. The van der Waals surface area contributed by atoms with Gasteiger partial charge in [0.15, 0.2) is 0 Å². The zero-order chi connectivity index (χ0) is 24.9. The number of anilines is 1. The summed E-state index contributed by atoms with van der Waals surface area (Å²) in [6.07, 6.45) is -1.23. The molecule has 34 heavy (non-hydrogen) atoms. The Labute approximate surface area is 200 Å². The topological polar surface area (TPSA) is 92.8 Å². The van der Waals surface area contributed by atoms with Crippen molar-refractivity contribution in [3.63, 3.8) is 0 Å². The molecule has 1 unspecified atom stereocenters. The molecule has 1 amide bonds. The quantitative estimate of drug-likeness (QED) is 0.477. The number of nitrogens with one attached hydrogen (secondary N) is 1. The van der Waals surface area contributed by atoms with Gasteiger partial charge in [0.05, 0.1) is 10.5 Å². The fourth-order valence-corrected chi connectivity index (χ4v) is 4.56. The third-order valence-electron chi connectivity index (χ3n) is 5.36. The van der Waals surface area contributed by atoms with Crippen LogP contribution >= 0.6 is 0 Å². The molecule has 7 nitrogen and oxygen atoms in total. The first-order chi connectivity index (χ1) is 16.1. The van der Waals surface area contributed by atoms with Crippen LogP contribution in [0.5, 0.6) is 0 Å². The van der Waals surface area contributed by atoms with Gasteiger partial charge in [0.25, 0.3) is 5.91 Å². The second-order valence-corrected chi connectivity index (χ2v) is 10.2. The van der Waals surface area contributed by atoms with Crippen molar-refractivity contribution >= 4 is 27.6 Å². The summed E-state index contributed by atoms with van der Waals surface area (Å²) in [4.78, 5) is 26.0. The van der Waals surface area contributed by atoms with Crippen LogP contribution in [0, 0.1) is 6.92 Å².